The summed E-state index contributed by atoms with van der Waals surface area (Å²) in [6.07, 6.45) is 5.03. The molecule has 6 nitrogen and oxygen atoms in total. The van der Waals surface area contributed by atoms with Gasteiger partial charge in [-0.25, -0.2) is 23.1 Å². The van der Waals surface area contributed by atoms with Crippen LogP contribution in [-0.4, -0.2) is 44.3 Å². The molecule has 2 heterocycles. The molecule has 0 saturated carbocycles. The molecule has 1 aliphatic heterocycles. The summed E-state index contributed by atoms with van der Waals surface area (Å²) in [4.78, 5) is 11.3. The van der Waals surface area contributed by atoms with E-state index < -0.39 is 10.0 Å². The number of benzene rings is 1. The van der Waals surface area contributed by atoms with Crippen molar-refractivity contribution in [1.29, 1.82) is 0 Å². The van der Waals surface area contributed by atoms with E-state index in [4.69, 9.17) is 0 Å². The molecule has 0 amide bonds. The highest BCUT2D eigenvalue weighted by Crippen LogP contribution is 2.23. The van der Waals surface area contributed by atoms with Crippen molar-refractivity contribution in [3.8, 4) is 11.4 Å². The molecule has 0 aliphatic carbocycles. The Morgan fingerprint density at radius 3 is 2.79 bits per heavy atom. The molecule has 1 aromatic heterocycles. The van der Waals surface area contributed by atoms with Gasteiger partial charge in [-0.2, -0.15) is 0 Å². The predicted molar refractivity (Wildman–Crippen MR) is 95.3 cm³/mol. The lowest BCUT2D eigenvalue weighted by Gasteiger charge is -2.33. The van der Waals surface area contributed by atoms with Crippen LogP contribution < -0.4 is 9.62 Å². The lowest BCUT2D eigenvalue weighted by Crippen LogP contribution is -2.41. The number of nitrogens with one attached hydrogen (secondary N) is 1. The molecule has 0 bridgehead atoms. The minimum Gasteiger partial charge on any atom is -0.356 e. The summed E-state index contributed by atoms with van der Waals surface area (Å²) in [5, 5.41) is 0. The summed E-state index contributed by atoms with van der Waals surface area (Å²) >= 11 is 0. The molecule has 1 N–H and O–H groups in total. The van der Waals surface area contributed by atoms with Gasteiger partial charge in [0.2, 0.25) is 10.0 Å². The molecule has 1 unspecified atom stereocenters. The normalized spacial score (nSPS) is 18.5. The topological polar surface area (TPSA) is 75.2 Å². The van der Waals surface area contributed by atoms with Crippen molar-refractivity contribution in [2.24, 2.45) is 5.92 Å². The van der Waals surface area contributed by atoms with Crippen molar-refractivity contribution in [1.82, 2.24) is 14.7 Å². The SMILES string of the molecule is CS(=O)(=O)NCC1CCCN(c2ccnc(-c3ccccc3)n2)C1. The van der Waals surface area contributed by atoms with E-state index in [2.05, 4.69) is 19.6 Å². The number of hydrogen-bond acceptors (Lipinski definition) is 5. The van der Waals surface area contributed by atoms with Gasteiger partial charge >= 0.3 is 0 Å². The third-order valence-corrected chi connectivity index (χ3v) is 4.84. The van der Waals surface area contributed by atoms with Crippen LogP contribution in [0.25, 0.3) is 11.4 Å². The molecule has 7 heteroatoms. The van der Waals surface area contributed by atoms with E-state index in [-0.39, 0.29) is 0 Å². The predicted octanol–water partition coefficient (Wildman–Crippen LogP) is 1.91. The molecule has 1 aliphatic rings. The maximum Gasteiger partial charge on any atom is 0.208 e. The fraction of sp³-hybridized carbons (Fsp3) is 0.412. The maximum atomic E-state index is 11.3. The first-order valence-electron chi connectivity index (χ1n) is 8.09. The fourth-order valence-corrected chi connectivity index (χ4v) is 3.50. The second-order valence-electron chi connectivity index (χ2n) is 6.18. The van der Waals surface area contributed by atoms with Gasteiger partial charge in [0.05, 0.1) is 6.26 Å². The Balaban J connectivity index is 1.72. The van der Waals surface area contributed by atoms with Crippen molar-refractivity contribution in [2.45, 2.75) is 12.8 Å². The summed E-state index contributed by atoms with van der Waals surface area (Å²) in [7, 11) is -3.14. The molecular weight excluding hydrogens is 324 g/mol. The standard InChI is InChI=1S/C17H22N4O2S/c1-24(22,23)19-12-14-6-5-11-21(13-14)16-9-10-18-17(20-16)15-7-3-2-4-8-15/h2-4,7-10,14,19H,5-6,11-13H2,1H3. The van der Waals surface area contributed by atoms with Crippen molar-refractivity contribution in [2.75, 3.05) is 30.8 Å². The van der Waals surface area contributed by atoms with Gasteiger partial charge in [0.25, 0.3) is 0 Å². The molecule has 2 aromatic rings. The smallest absolute Gasteiger partial charge is 0.208 e. The van der Waals surface area contributed by atoms with Crippen LogP contribution >= 0.6 is 0 Å². The Morgan fingerprint density at radius 2 is 2.04 bits per heavy atom. The highest BCUT2D eigenvalue weighted by atomic mass is 32.2. The third-order valence-electron chi connectivity index (χ3n) is 4.15. The highest BCUT2D eigenvalue weighted by molar-refractivity contribution is 7.88. The molecule has 0 spiro atoms. The van der Waals surface area contributed by atoms with Crippen LogP contribution in [0.3, 0.4) is 0 Å². The quantitative estimate of drug-likeness (QED) is 0.895. The highest BCUT2D eigenvalue weighted by Gasteiger charge is 2.22. The molecule has 1 aromatic carbocycles. The van der Waals surface area contributed by atoms with Crippen LogP contribution in [0.4, 0.5) is 5.82 Å². The van der Waals surface area contributed by atoms with Crippen LogP contribution in [0.5, 0.6) is 0 Å². The molecule has 1 atom stereocenters. The lowest BCUT2D eigenvalue weighted by atomic mass is 9.98. The lowest BCUT2D eigenvalue weighted by molar-refractivity contribution is 0.409. The average molecular weight is 346 g/mol. The first-order valence-corrected chi connectivity index (χ1v) is 9.98. The Morgan fingerprint density at radius 1 is 1.25 bits per heavy atom. The number of hydrogen-bond donors (Lipinski definition) is 1. The molecule has 3 rings (SSSR count). The minimum absolute atomic E-state index is 0.295. The van der Waals surface area contributed by atoms with Crippen LogP contribution in [-0.2, 0) is 10.0 Å². The zero-order valence-electron chi connectivity index (χ0n) is 13.7. The number of anilines is 1. The van der Waals surface area contributed by atoms with Gasteiger partial charge in [0, 0.05) is 31.4 Å². The van der Waals surface area contributed by atoms with E-state index in [0.717, 1.165) is 37.3 Å². The van der Waals surface area contributed by atoms with Crippen LogP contribution in [0.15, 0.2) is 42.6 Å². The number of sulfonamides is 1. The second-order valence-corrected chi connectivity index (χ2v) is 8.01. The summed E-state index contributed by atoms with van der Waals surface area (Å²) in [6, 6.07) is 11.8. The van der Waals surface area contributed by atoms with Crippen molar-refractivity contribution in [3.05, 3.63) is 42.6 Å². The largest absolute Gasteiger partial charge is 0.356 e. The van der Waals surface area contributed by atoms with Crippen molar-refractivity contribution >= 4 is 15.8 Å². The number of piperidine rings is 1. The number of aromatic nitrogens is 2. The van der Waals surface area contributed by atoms with Crippen LogP contribution in [0, 0.1) is 5.92 Å². The molecular formula is C17H22N4O2S. The summed E-state index contributed by atoms with van der Waals surface area (Å²) in [5.41, 5.74) is 0.992. The maximum absolute atomic E-state index is 11.3. The van der Waals surface area contributed by atoms with E-state index in [9.17, 15) is 8.42 Å². The number of rotatable bonds is 5. The summed E-state index contributed by atoms with van der Waals surface area (Å²) < 4.78 is 25.2. The van der Waals surface area contributed by atoms with Gasteiger partial charge in [0.1, 0.15) is 5.82 Å². The van der Waals surface area contributed by atoms with Gasteiger partial charge in [-0.3, -0.25) is 0 Å². The molecule has 24 heavy (non-hydrogen) atoms. The van der Waals surface area contributed by atoms with E-state index in [1.165, 1.54) is 6.26 Å². The molecule has 1 saturated heterocycles. The molecule has 128 valence electrons. The Labute approximate surface area is 143 Å². The van der Waals surface area contributed by atoms with Gasteiger partial charge in [0.15, 0.2) is 5.82 Å². The van der Waals surface area contributed by atoms with E-state index in [0.29, 0.717) is 18.3 Å². The summed E-state index contributed by atoms with van der Waals surface area (Å²) in [6.45, 7) is 2.21. The zero-order valence-corrected chi connectivity index (χ0v) is 14.5. The van der Waals surface area contributed by atoms with Gasteiger partial charge < -0.3 is 4.90 Å². The van der Waals surface area contributed by atoms with Gasteiger partial charge in [-0.15, -0.1) is 0 Å². The number of nitrogens with zero attached hydrogens (tertiary/aromatic N) is 3. The third kappa shape index (κ3) is 4.52. The Bertz CT molecular complexity index is 780. The van der Waals surface area contributed by atoms with Crippen LogP contribution in [0.2, 0.25) is 0 Å². The van der Waals surface area contributed by atoms with Gasteiger partial charge in [-0.1, -0.05) is 30.3 Å². The Hall–Kier alpha value is -1.99. The first kappa shape index (κ1) is 16.9. The summed E-state index contributed by atoms with van der Waals surface area (Å²) in [5.74, 6) is 1.90. The fourth-order valence-electron chi connectivity index (χ4n) is 2.96. The van der Waals surface area contributed by atoms with Crippen molar-refractivity contribution < 1.29 is 8.42 Å². The Kier molecular flexibility index (Phi) is 5.11. The van der Waals surface area contributed by atoms with Crippen LogP contribution in [0.1, 0.15) is 12.8 Å². The second kappa shape index (κ2) is 7.27. The average Bonchev–Trinajstić information content (AvgIpc) is 2.61. The molecule has 1 fully saturated rings. The minimum atomic E-state index is -3.14. The van der Waals surface area contributed by atoms with Crippen molar-refractivity contribution in [3.63, 3.8) is 0 Å². The first-order chi connectivity index (χ1) is 11.5. The zero-order chi connectivity index (χ0) is 17.0. The van der Waals surface area contributed by atoms with E-state index >= 15 is 0 Å². The van der Waals surface area contributed by atoms with Gasteiger partial charge in [-0.05, 0) is 24.8 Å². The monoisotopic (exact) mass is 346 g/mol. The molecule has 0 radical (unpaired) electrons. The van der Waals surface area contributed by atoms with E-state index in [1.807, 2.05) is 36.4 Å². The van der Waals surface area contributed by atoms with E-state index in [1.54, 1.807) is 6.20 Å².